The van der Waals surface area contributed by atoms with E-state index in [9.17, 15) is 14.4 Å². The molecular formula is C23H31IO4. The van der Waals surface area contributed by atoms with E-state index >= 15 is 0 Å². The molecule has 0 aromatic carbocycles. The average Bonchev–Trinajstić information content (AvgIpc) is 2.94. The van der Waals surface area contributed by atoms with Crippen molar-refractivity contribution in [2.45, 2.75) is 77.7 Å². The van der Waals surface area contributed by atoms with E-state index in [-0.39, 0.29) is 28.4 Å². The number of rotatable bonds is 3. The first-order valence-electron chi connectivity index (χ1n) is 10.7. The molecule has 3 saturated carbocycles. The monoisotopic (exact) mass is 498 g/mol. The minimum absolute atomic E-state index is 0.0811. The highest BCUT2D eigenvalue weighted by Gasteiger charge is 2.68. The average molecular weight is 498 g/mol. The van der Waals surface area contributed by atoms with Gasteiger partial charge in [-0.1, -0.05) is 42.0 Å². The number of fused-ring (bicyclic) bond motifs is 5. The highest BCUT2D eigenvalue weighted by atomic mass is 127. The van der Waals surface area contributed by atoms with Crippen molar-refractivity contribution < 1.29 is 19.1 Å². The maximum Gasteiger partial charge on any atom is 0.303 e. The Morgan fingerprint density at radius 1 is 1.11 bits per heavy atom. The molecular weight excluding hydrogens is 467 g/mol. The smallest absolute Gasteiger partial charge is 0.303 e. The summed E-state index contributed by atoms with van der Waals surface area (Å²) in [6.07, 6.45) is 9.25. The molecule has 0 radical (unpaired) electrons. The molecule has 5 heteroatoms. The minimum Gasteiger partial charge on any atom is -0.451 e. The van der Waals surface area contributed by atoms with Gasteiger partial charge in [-0.2, -0.15) is 0 Å². The molecule has 0 aromatic heterocycles. The largest absolute Gasteiger partial charge is 0.451 e. The maximum absolute atomic E-state index is 13.1. The summed E-state index contributed by atoms with van der Waals surface area (Å²) in [6, 6.07) is 0. The van der Waals surface area contributed by atoms with Gasteiger partial charge in [-0.15, -0.1) is 0 Å². The molecule has 0 saturated heterocycles. The second-order valence-electron chi connectivity index (χ2n) is 9.94. The summed E-state index contributed by atoms with van der Waals surface area (Å²) < 4.78 is 6.28. The van der Waals surface area contributed by atoms with Crippen molar-refractivity contribution >= 4 is 40.1 Å². The van der Waals surface area contributed by atoms with Crippen molar-refractivity contribution in [1.82, 2.24) is 0 Å². The third-order valence-corrected chi connectivity index (χ3v) is 9.66. The Kier molecular flexibility index (Phi) is 5.08. The van der Waals surface area contributed by atoms with E-state index in [0.717, 1.165) is 38.5 Å². The van der Waals surface area contributed by atoms with Crippen LogP contribution in [0, 0.1) is 28.6 Å². The number of Topliss-reactive ketones (excluding diaryl/α,β-unsaturated/α-hetero) is 1. The Labute approximate surface area is 181 Å². The maximum atomic E-state index is 13.1. The van der Waals surface area contributed by atoms with Crippen LogP contribution in [0.1, 0.15) is 72.1 Å². The Bertz CT molecular complexity index is 758. The number of carbonyl (C=O) groups excluding carboxylic acids is 3. The number of halogens is 1. The number of ether oxygens (including phenoxy) is 1. The zero-order valence-corrected chi connectivity index (χ0v) is 19.3. The third-order valence-electron chi connectivity index (χ3n) is 8.97. The number of carbonyl (C=O) groups is 3. The fourth-order valence-corrected chi connectivity index (χ4v) is 8.21. The van der Waals surface area contributed by atoms with Crippen LogP contribution in [0.3, 0.4) is 0 Å². The molecule has 6 atom stereocenters. The van der Waals surface area contributed by atoms with Crippen molar-refractivity contribution in [2.24, 2.45) is 28.6 Å². The highest BCUT2D eigenvalue weighted by Crippen LogP contribution is 2.68. The molecule has 4 aliphatic rings. The lowest BCUT2D eigenvalue weighted by Crippen LogP contribution is -2.59. The molecule has 0 unspecified atom stereocenters. The predicted molar refractivity (Wildman–Crippen MR) is 115 cm³/mol. The fourth-order valence-electron chi connectivity index (χ4n) is 7.59. The van der Waals surface area contributed by atoms with Gasteiger partial charge in [-0.3, -0.25) is 14.4 Å². The van der Waals surface area contributed by atoms with E-state index in [4.69, 9.17) is 4.74 Å². The van der Waals surface area contributed by atoms with Crippen molar-refractivity contribution in [3.05, 3.63) is 11.6 Å². The molecule has 0 spiro atoms. The van der Waals surface area contributed by atoms with Crippen molar-refractivity contribution in [3.63, 3.8) is 0 Å². The van der Waals surface area contributed by atoms with Crippen LogP contribution in [0.15, 0.2) is 11.6 Å². The first-order chi connectivity index (χ1) is 13.2. The molecule has 0 N–H and O–H groups in total. The Balaban J connectivity index is 1.70. The van der Waals surface area contributed by atoms with Gasteiger partial charge in [-0.05, 0) is 74.2 Å². The van der Waals surface area contributed by atoms with E-state index in [1.165, 1.54) is 12.5 Å². The number of hydrogen-bond acceptors (Lipinski definition) is 4. The van der Waals surface area contributed by atoms with Gasteiger partial charge in [0.15, 0.2) is 17.2 Å². The third kappa shape index (κ3) is 2.70. The van der Waals surface area contributed by atoms with Crippen LogP contribution in [0.2, 0.25) is 0 Å². The van der Waals surface area contributed by atoms with Crippen LogP contribution in [0.25, 0.3) is 0 Å². The minimum atomic E-state index is -0.949. The fraction of sp³-hybridized carbons (Fsp3) is 0.783. The van der Waals surface area contributed by atoms with E-state index in [0.29, 0.717) is 35.0 Å². The van der Waals surface area contributed by atoms with Crippen molar-refractivity contribution in [3.8, 4) is 0 Å². The lowest BCUT2D eigenvalue weighted by Gasteiger charge is -2.59. The van der Waals surface area contributed by atoms with Crippen LogP contribution in [0.5, 0.6) is 0 Å². The van der Waals surface area contributed by atoms with E-state index in [1.807, 2.05) is 6.08 Å². The van der Waals surface area contributed by atoms with Crippen LogP contribution in [-0.2, 0) is 19.1 Å². The number of hydrogen-bond donors (Lipinski definition) is 0. The summed E-state index contributed by atoms with van der Waals surface area (Å²) in [5.74, 6) is 1.56. The van der Waals surface area contributed by atoms with E-state index in [2.05, 4.69) is 36.4 Å². The second-order valence-corrected chi connectivity index (χ2v) is 10.7. The topological polar surface area (TPSA) is 60.4 Å². The van der Waals surface area contributed by atoms with Gasteiger partial charge in [0.2, 0.25) is 0 Å². The van der Waals surface area contributed by atoms with Gasteiger partial charge >= 0.3 is 5.97 Å². The predicted octanol–water partition coefficient (Wildman–Crippen LogP) is 4.82. The molecule has 0 amide bonds. The SMILES string of the molecule is CC(=O)O[C@]1(C(=O)CI)CC[C@H]2[C@@H]3CCC4=CC(=O)CC[C@]4(C)[C@H]3CC[C@@]21C. The van der Waals surface area contributed by atoms with E-state index < -0.39 is 5.60 Å². The first kappa shape index (κ1) is 20.5. The number of esters is 1. The molecule has 0 bridgehead atoms. The standard InChI is InChI=1S/C23H31IO4/c1-14(25)28-23(20(27)13-24)11-8-19-17-5-4-15-12-16(26)6-9-21(15,2)18(17)7-10-22(19,23)3/h12,17-19H,4-11,13H2,1-3H3/t17-,18+,19+,21+,22+,23+/m1/s1. The van der Waals surface area contributed by atoms with Crippen LogP contribution in [-0.4, -0.2) is 27.6 Å². The van der Waals surface area contributed by atoms with Crippen LogP contribution < -0.4 is 0 Å². The van der Waals surface area contributed by atoms with Gasteiger partial charge in [0.25, 0.3) is 0 Å². The van der Waals surface area contributed by atoms with Gasteiger partial charge in [0.1, 0.15) is 0 Å². The number of ketones is 2. The lowest BCUT2D eigenvalue weighted by molar-refractivity contribution is -0.186. The summed E-state index contributed by atoms with van der Waals surface area (Å²) in [4.78, 5) is 37.1. The number of allylic oxidation sites excluding steroid dienone is 1. The zero-order valence-electron chi connectivity index (χ0n) is 17.2. The van der Waals surface area contributed by atoms with Gasteiger partial charge < -0.3 is 4.74 Å². The van der Waals surface area contributed by atoms with Crippen LogP contribution in [0.4, 0.5) is 0 Å². The molecule has 4 rings (SSSR count). The van der Waals surface area contributed by atoms with E-state index in [1.54, 1.807) is 0 Å². The first-order valence-corrected chi connectivity index (χ1v) is 12.2. The molecule has 0 aromatic rings. The Hall–Kier alpha value is -0.720. The Morgan fingerprint density at radius 3 is 2.50 bits per heavy atom. The molecule has 0 aliphatic heterocycles. The Morgan fingerprint density at radius 2 is 1.82 bits per heavy atom. The summed E-state index contributed by atoms with van der Waals surface area (Å²) in [5, 5.41) is 0. The quantitative estimate of drug-likeness (QED) is 0.318. The molecule has 154 valence electrons. The number of alkyl halides is 1. The molecule has 4 aliphatic carbocycles. The van der Waals surface area contributed by atoms with Gasteiger partial charge in [0, 0.05) is 18.8 Å². The van der Waals surface area contributed by atoms with Crippen molar-refractivity contribution in [2.75, 3.05) is 4.43 Å². The summed E-state index contributed by atoms with van der Waals surface area (Å²) in [5.41, 5.74) is 0.262. The normalized spacial score (nSPS) is 44.8. The highest BCUT2D eigenvalue weighted by molar-refractivity contribution is 14.1. The van der Waals surface area contributed by atoms with Gasteiger partial charge in [-0.25, -0.2) is 0 Å². The summed E-state index contributed by atoms with van der Waals surface area (Å²) in [7, 11) is 0. The molecule has 28 heavy (non-hydrogen) atoms. The molecule has 3 fully saturated rings. The summed E-state index contributed by atoms with van der Waals surface area (Å²) >= 11 is 2.12. The summed E-state index contributed by atoms with van der Waals surface area (Å²) in [6.45, 7) is 6.02. The molecule has 4 nitrogen and oxygen atoms in total. The zero-order chi connectivity index (χ0) is 20.3. The van der Waals surface area contributed by atoms with Crippen LogP contribution >= 0.6 is 22.6 Å². The van der Waals surface area contributed by atoms with Gasteiger partial charge in [0.05, 0.1) is 4.43 Å². The molecule has 0 heterocycles. The van der Waals surface area contributed by atoms with Crippen molar-refractivity contribution in [1.29, 1.82) is 0 Å². The second kappa shape index (κ2) is 6.92. The lowest BCUT2D eigenvalue weighted by atomic mass is 9.46.